The van der Waals surface area contributed by atoms with E-state index in [4.69, 9.17) is 20.4 Å². The Morgan fingerprint density at radius 3 is 2.49 bits per heavy atom. The smallest absolute Gasteiger partial charge is 0.228 e. The van der Waals surface area contributed by atoms with Crippen molar-refractivity contribution in [2.45, 2.75) is 4.90 Å². The number of likely N-dealkylation sites (N-methyl/N-ethyl adjacent to an activating group) is 1. The Bertz CT molecular complexity index is 1180. The van der Waals surface area contributed by atoms with Crippen LogP contribution in [0.4, 0.5) is 23.4 Å². The number of anilines is 4. The van der Waals surface area contributed by atoms with Crippen molar-refractivity contribution in [3.05, 3.63) is 42.7 Å². The third kappa shape index (κ3) is 5.73. The number of hydrogen-bond donors (Lipinski definition) is 2. The van der Waals surface area contributed by atoms with Gasteiger partial charge >= 0.3 is 0 Å². The summed E-state index contributed by atoms with van der Waals surface area (Å²) >= 11 is 0. The van der Waals surface area contributed by atoms with Crippen molar-refractivity contribution < 1.29 is 8.95 Å². The number of morpholine rings is 1. The summed E-state index contributed by atoms with van der Waals surface area (Å²) in [5.74, 6) is 1.43. The van der Waals surface area contributed by atoms with E-state index < -0.39 is 11.0 Å². The molecule has 2 aromatic heterocycles. The van der Waals surface area contributed by atoms with Crippen LogP contribution in [-0.4, -0.2) is 92.9 Å². The van der Waals surface area contributed by atoms with Crippen molar-refractivity contribution in [2.75, 3.05) is 75.5 Å². The Labute approximate surface area is 206 Å². The lowest BCUT2D eigenvalue weighted by Crippen LogP contribution is -2.45. The molecule has 0 aliphatic carbocycles. The molecule has 3 aromatic rings. The Hall–Kier alpha value is -3.19. The molecule has 0 amide bonds. The molecular weight excluding hydrogens is 466 g/mol. The summed E-state index contributed by atoms with van der Waals surface area (Å²) in [5.41, 5.74) is 7.89. The number of ether oxygens (including phenoxy) is 1. The van der Waals surface area contributed by atoms with Crippen LogP contribution in [0.3, 0.4) is 0 Å². The number of nitrogens with one attached hydrogen (secondary N) is 1. The van der Waals surface area contributed by atoms with E-state index in [0.29, 0.717) is 43.8 Å². The largest absolute Gasteiger partial charge is 0.378 e. The van der Waals surface area contributed by atoms with Crippen molar-refractivity contribution in [1.82, 2.24) is 29.1 Å². The van der Waals surface area contributed by atoms with E-state index in [9.17, 15) is 4.21 Å². The first-order valence-electron chi connectivity index (χ1n) is 11.6. The highest BCUT2D eigenvalue weighted by molar-refractivity contribution is 7.82. The maximum absolute atomic E-state index is 13.2. The Morgan fingerprint density at radius 1 is 1.00 bits per heavy atom. The van der Waals surface area contributed by atoms with Crippen LogP contribution < -0.4 is 16.0 Å². The number of nitrogens with zero attached hydrogens (tertiary/aromatic N) is 7. The molecule has 3 N–H and O–H groups in total. The number of rotatable bonds is 6. The molecule has 35 heavy (non-hydrogen) atoms. The first kappa shape index (κ1) is 23.5. The second-order valence-corrected chi connectivity index (χ2v) is 9.99. The van der Waals surface area contributed by atoms with E-state index in [1.165, 1.54) is 0 Å². The van der Waals surface area contributed by atoms with Gasteiger partial charge in [0.25, 0.3) is 0 Å². The van der Waals surface area contributed by atoms with Gasteiger partial charge in [-0.25, -0.2) is 23.5 Å². The predicted molar refractivity (Wildman–Crippen MR) is 136 cm³/mol. The third-order valence-corrected chi connectivity index (χ3v) is 7.47. The van der Waals surface area contributed by atoms with Crippen LogP contribution in [0.25, 0.3) is 11.3 Å². The van der Waals surface area contributed by atoms with Crippen LogP contribution in [0.15, 0.2) is 47.6 Å². The Morgan fingerprint density at radius 2 is 1.74 bits per heavy atom. The molecule has 1 atom stereocenters. The summed E-state index contributed by atoms with van der Waals surface area (Å²) in [6.45, 7) is 6.05. The third-order valence-electron chi connectivity index (χ3n) is 5.98. The molecule has 4 heterocycles. The molecule has 2 aliphatic heterocycles. The summed E-state index contributed by atoms with van der Waals surface area (Å²) < 4.78 is 20.7. The van der Waals surface area contributed by atoms with Gasteiger partial charge in [0, 0.05) is 69.0 Å². The van der Waals surface area contributed by atoms with Gasteiger partial charge < -0.3 is 25.6 Å². The zero-order chi connectivity index (χ0) is 24.2. The molecule has 0 spiro atoms. The average Bonchev–Trinajstić information content (AvgIpc) is 2.90. The van der Waals surface area contributed by atoms with Crippen molar-refractivity contribution in [2.24, 2.45) is 0 Å². The first-order valence-corrected chi connectivity index (χ1v) is 12.7. The topological polar surface area (TPSA) is 126 Å². The number of benzene rings is 1. The Balaban J connectivity index is 1.42. The molecule has 0 radical (unpaired) electrons. The number of aromatic nitrogens is 4. The highest BCUT2D eigenvalue weighted by Crippen LogP contribution is 2.26. The van der Waals surface area contributed by atoms with Gasteiger partial charge in [0.1, 0.15) is 16.8 Å². The molecule has 1 unspecified atom stereocenters. The second-order valence-electron chi connectivity index (χ2n) is 8.50. The molecular formula is C23H29N9O2S. The fourth-order valence-electron chi connectivity index (χ4n) is 3.95. The molecule has 5 rings (SSSR count). The van der Waals surface area contributed by atoms with E-state index >= 15 is 0 Å². The zero-order valence-corrected chi connectivity index (χ0v) is 20.4. The van der Waals surface area contributed by atoms with Crippen LogP contribution in [0.2, 0.25) is 0 Å². The molecule has 2 aliphatic rings. The Kier molecular flexibility index (Phi) is 7.13. The average molecular weight is 496 g/mol. The summed E-state index contributed by atoms with van der Waals surface area (Å²) in [5, 5.41) is 3.37. The molecule has 184 valence electrons. The lowest BCUT2D eigenvalue weighted by molar-refractivity contribution is 0.122. The lowest BCUT2D eigenvalue weighted by Gasteiger charge is -2.31. The van der Waals surface area contributed by atoms with Crippen LogP contribution in [-0.2, 0) is 15.7 Å². The van der Waals surface area contributed by atoms with E-state index in [0.717, 1.165) is 42.3 Å². The van der Waals surface area contributed by atoms with Crippen molar-refractivity contribution in [3.8, 4) is 11.3 Å². The van der Waals surface area contributed by atoms with Crippen molar-refractivity contribution in [1.29, 1.82) is 0 Å². The fourth-order valence-corrected chi connectivity index (χ4v) is 5.17. The summed E-state index contributed by atoms with van der Waals surface area (Å²) in [7, 11) is 0.872. The van der Waals surface area contributed by atoms with Gasteiger partial charge in [-0.3, -0.25) is 0 Å². The molecule has 0 saturated carbocycles. The van der Waals surface area contributed by atoms with Gasteiger partial charge in [-0.1, -0.05) is 6.07 Å². The number of hydrogen-bond acceptors (Lipinski definition) is 10. The molecule has 1 aromatic carbocycles. The van der Waals surface area contributed by atoms with Gasteiger partial charge in [0.2, 0.25) is 11.9 Å². The predicted octanol–water partition coefficient (Wildman–Crippen LogP) is 1.37. The highest BCUT2D eigenvalue weighted by Gasteiger charge is 2.21. The molecule has 2 fully saturated rings. The second kappa shape index (κ2) is 10.6. The standard InChI is InChI=1S/C23H29N9O2S/c1-30-5-7-32(8-6-30)35(33)19-4-2-3-18(13-19)27-21-14-20(17-15-25-22(24)26-16-17)28-23(29-21)31-9-11-34-12-10-31/h2-4,13-16H,5-12H2,1H3,(H2,24,25,26)(H,27,28,29). The number of piperazine rings is 1. The maximum Gasteiger partial charge on any atom is 0.228 e. The molecule has 11 nitrogen and oxygen atoms in total. The summed E-state index contributed by atoms with van der Waals surface area (Å²) in [6, 6.07) is 9.51. The number of nitrogens with two attached hydrogens (primary N) is 1. The van der Waals surface area contributed by atoms with E-state index in [1.807, 2.05) is 34.6 Å². The monoisotopic (exact) mass is 495 g/mol. The van der Waals surface area contributed by atoms with E-state index in [-0.39, 0.29) is 5.95 Å². The highest BCUT2D eigenvalue weighted by atomic mass is 32.2. The fraction of sp³-hybridized carbons (Fsp3) is 0.391. The maximum atomic E-state index is 13.2. The van der Waals surface area contributed by atoms with Crippen molar-refractivity contribution in [3.63, 3.8) is 0 Å². The minimum Gasteiger partial charge on any atom is -0.378 e. The first-order chi connectivity index (χ1) is 17.0. The van der Waals surface area contributed by atoms with Crippen LogP contribution in [0.5, 0.6) is 0 Å². The van der Waals surface area contributed by atoms with Gasteiger partial charge in [0.05, 0.1) is 23.8 Å². The van der Waals surface area contributed by atoms with E-state index in [2.05, 4.69) is 32.1 Å². The lowest BCUT2D eigenvalue weighted by atomic mass is 10.2. The minimum absolute atomic E-state index is 0.208. The van der Waals surface area contributed by atoms with Crippen molar-refractivity contribution >= 4 is 34.4 Å². The molecule has 2 saturated heterocycles. The summed E-state index contributed by atoms with van der Waals surface area (Å²) in [4.78, 5) is 22.8. The van der Waals surface area contributed by atoms with Gasteiger partial charge in [0.15, 0.2) is 0 Å². The van der Waals surface area contributed by atoms with Gasteiger partial charge in [-0.05, 0) is 25.2 Å². The minimum atomic E-state index is -1.21. The number of nitrogen functional groups attached to an aromatic ring is 1. The quantitative estimate of drug-likeness (QED) is 0.518. The normalized spacial score (nSPS) is 18.4. The van der Waals surface area contributed by atoms with Crippen LogP contribution >= 0.6 is 0 Å². The zero-order valence-electron chi connectivity index (χ0n) is 19.6. The van der Waals surface area contributed by atoms with Crippen LogP contribution in [0, 0.1) is 0 Å². The van der Waals surface area contributed by atoms with Gasteiger partial charge in [-0.2, -0.15) is 4.98 Å². The van der Waals surface area contributed by atoms with Gasteiger partial charge in [-0.15, -0.1) is 0 Å². The molecule has 12 heteroatoms. The van der Waals surface area contributed by atoms with E-state index in [1.54, 1.807) is 12.4 Å². The SMILES string of the molecule is CN1CCN(S(=O)c2cccc(Nc3cc(-c4cnc(N)nc4)nc(N4CCOCC4)n3)c2)CC1. The summed E-state index contributed by atoms with van der Waals surface area (Å²) in [6.07, 6.45) is 3.30. The molecule has 0 bridgehead atoms. The van der Waals surface area contributed by atoms with Crippen LogP contribution in [0.1, 0.15) is 0 Å².